The maximum Gasteiger partial charge on any atom is 0.407 e. The van der Waals surface area contributed by atoms with Gasteiger partial charge >= 0.3 is 6.09 Å². The monoisotopic (exact) mass is 327 g/mol. The van der Waals surface area contributed by atoms with Gasteiger partial charge in [-0.15, -0.1) is 0 Å². The molecule has 3 rings (SSSR count). The van der Waals surface area contributed by atoms with Gasteiger partial charge in [0, 0.05) is 31.7 Å². The predicted molar refractivity (Wildman–Crippen MR) is 87.5 cm³/mol. The Morgan fingerprint density at radius 3 is 2.52 bits per heavy atom. The fraction of sp³-hybridized carbons (Fsp3) is 0.941. The zero-order valence-electron chi connectivity index (χ0n) is 14.2. The number of carbonyl (C=O) groups is 1. The quantitative estimate of drug-likeness (QED) is 0.841. The van der Waals surface area contributed by atoms with E-state index >= 15 is 0 Å². The van der Waals surface area contributed by atoms with Crippen LogP contribution >= 0.6 is 0 Å². The summed E-state index contributed by atoms with van der Waals surface area (Å²) in [6.45, 7) is 7.03. The first kappa shape index (κ1) is 17.0. The minimum Gasteiger partial charge on any atom is -0.465 e. The Balaban J connectivity index is 1.43. The van der Waals surface area contributed by atoms with Crippen LogP contribution in [0, 0.1) is 5.41 Å². The van der Waals surface area contributed by atoms with Crippen molar-refractivity contribution < 1.29 is 14.3 Å². The van der Waals surface area contributed by atoms with Gasteiger partial charge < -0.3 is 14.9 Å². The highest BCUT2D eigenvalue weighted by atomic mass is 19.1. The molecule has 2 saturated heterocycles. The average Bonchev–Trinajstić information content (AvgIpc) is 2.97. The summed E-state index contributed by atoms with van der Waals surface area (Å²) >= 11 is 0. The topological polar surface area (TPSA) is 47.0 Å². The molecule has 0 aromatic heterocycles. The highest BCUT2D eigenvalue weighted by Crippen LogP contribution is 2.50. The summed E-state index contributed by atoms with van der Waals surface area (Å²) in [5, 5.41) is 9.11. The lowest BCUT2D eigenvalue weighted by molar-refractivity contribution is -0.0153. The van der Waals surface area contributed by atoms with E-state index in [0.717, 1.165) is 58.3 Å². The third-order valence-electron chi connectivity index (χ3n) is 6.36. The van der Waals surface area contributed by atoms with E-state index in [9.17, 15) is 9.18 Å². The van der Waals surface area contributed by atoms with Crippen LogP contribution in [0.5, 0.6) is 0 Å². The van der Waals surface area contributed by atoms with E-state index in [1.54, 1.807) is 4.90 Å². The Hall–Kier alpha value is -0.880. The zero-order valence-corrected chi connectivity index (χ0v) is 14.2. The summed E-state index contributed by atoms with van der Waals surface area (Å²) in [4.78, 5) is 17.5. The summed E-state index contributed by atoms with van der Waals surface area (Å²) in [5.41, 5.74) is 0.267. The average molecular weight is 327 g/mol. The summed E-state index contributed by atoms with van der Waals surface area (Å²) in [6.07, 6.45) is 4.86. The minimum absolute atomic E-state index is 0.251. The molecule has 0 radical (unpaired) electrons. The third kappa shape index (κ3) is 3.48. The van der Waals surface area contributed by atoms with Crippen molar-refractivity contribution >= 4 is 6.09 Å². The first-order valence-electron chi connectivity index (χ1n) is 9.09. The molecular formula is C17H30FN3O2. The molecule has 0 atom stereocenters. The van der Waals surface area contributed by atoms with Gasteiger partial charge in [-0.25, -0.2) is 9.18 Å². The zero-order chi connectivity index (χ0) is 16.4. The molecule has 23 heavy (non-hydrogen) atoms. The maximum atomic E-state index is 12.6. The number of rotatable bonds is 5. The van der Waals surface area contributed by atoms with Crippen LogP contribution in [0.25, 0.3) is 0 Å². The second kappa shape index (κ2) is 6.93. The molecule has 5 nitrogen and oxygen atoms in total. The Bertz CT molecular complexity index is 420. The number of hydrogen-bond acceptors (Lipinski definition) is 3. The molecule has 1 amide bonds. The molecule has 2 aliphatic heterocycles. The van der Waals surface area contributed by atoms with Crippen LogP contribution in [0.1, 0.15) is 39.0 Å². The Kier molecular flexibility index (Phi) is 5.11. The normalized spacial score (nSPS) is 32.7. The van der Waals surface area contributed by atoms with Crippen molar-refractivity contribution in [1.29, 1.82) is 0 Å². The standard InChI is InChI=1S/C17H30FN3O2/c1-2-19(10-6-18)14-3-7-20(8-4-14)15-11-17(12-15)5-9-21(13-17)16(22)23/h14-15H,2-13H2,1H3,(H,22,23). The van der Waals surface area contributed by atoms with Crippen LogP contribution in [-0.2, 0) is 0 Å². The Labute approximate surface area is 138 Å². The molecule has 6 heteroatoms. The predicted octanol–water partition coefficient (Wildman–Crippen LogP) is 2.27. The van der Waals surface area contributed by atoms with Gasteiger partial charge in [0.25, 0.3) is 0 Å². The maximum absolute atomic E-state index is 12.6. The van der Waals surface area contributed by atoms with Gasteiger partial charge in [-0.1, -0.05) is 6.92 Å². The molecule has 1 N–H and O–H groups in total. The molecule has 0 bridgehead atoms. The molecule has 2 heterocycles. The summed E-state index contributed by atoms with van der Waals surface area (Å²) < 4.78 is 12.6. The van der Waals surface area contributed by atoms with E-state index in [1.807, 2.05) is 0 Å². The Morgan fingerprint density at radius 2 is 2.00 bits per heavy atom. The number of hydrogen-bond donors (Lipinski definition) is 1. The fourth-order valence-corrected chi connectivity index (χ4v) is 4.95. The van der Waals surface area contributed by atoms with E-state index in [2.05, 4.69) is 16.7 Å². The summed E-state index contributed by atoms with van der Waals surface area (Å²) in [5.74, 6) is 0. The van der Waals surface area contributed by atoms with Crippen LogP contribution in [0.4, 0.5) is 9.18 Å². The smallest absolute Gasteiger partial charge is 0.407 e. The first-order valence-corrected chi connectivity index (χ1v) is 9.09. The summed E-state index contributed by atoms with van der Waals surface area (Å²) in [7, 11) is 0. The van der Waals surface area contributed by atoms with Crippen molar-refractivity contribution in [3.8, 4) is 0 Å². The van der Waals surface area contributed by atoms with E-state index in [-0.39, 0.29) is 12.1 Å². The van der Waals surface area contributed by atoms with Crippen LogP contribution in [0.3, 0.4) is 0 Å². The lowest BCUT2D eigenvalue weighted by Crippen LogP contribution is -2.56. The van der Waals surface area contributed by atoms with Crippen LogP contribution < -0.4 is 0 Å². The molecule has 3 aliphatic rings. The second-order valence-corrected chi connectivity index (χ2v) is 7.60. The van der Waals surface area contributed by atoms with Gasteiger partial charge in [-0.2, -0.15) is 0 Å². The van der Waals surface area contributed by atoms with Crippen molar-refractivity contribution in [3.63, 3.8) is 0 Å². The number of nitrogens with zero attached hydrogens (tertiary/aromatic N) is 3. The molecule has 0 aromatic carbocycles. The number of amides is 1. The van der Waals surface area contributed by atoms with E-state index in [0.29, 0.717) is 25.2 Å². The number of alkyl halides is 1. The van der Waals surface area contributed by atoms with Gasteiger partial charge in [-0.3, -0.25) is 4.90 Å². The van der Waals surface area contributed by atoms with Crippen molar-refractivity contribution in [2.24, 2.45) is 5.41 Å². The van der Waals surface area contributed by atoms with Crippen LogP contribution in [-0.4, -0.2) is 83.9 Å². The van der Waals surface area contributed by atoms with Gasteiger partial charge in [0.2, 0.25) is 0 Å². The highest BCUT2D eigenvalue weighted by molar-refractivity contribution is 5.65. The molecule has 0 unspecified atom stereocenters. The van der Waals surface area contributed by atoms with Crippen molar-refractivity contribution in [2.45, 2.75) is 51.1 Å². The van der Waals surface area contributed by atoms with Crippen LogP contribution in [0.2, 0.25) is 0 Å². The molecule has 0 aromatic rings. The lowest BCUT2D eigenvalue weighted by Gasteiger charge is -2.52. The lowest BCUT2D eigenvalue weighted by atomic mass is 9.64. The van der Waals surface area contributed by atoms with Crippen molar-refractivity contribution in [2.75, 3.05) is 45.9 Å². The van der Waals surface area contributed by atoms with Crippen molar-refractivity contribution in [1.82, 2.24) is 14.7 Å². The fourth-order valence-electron chi connectivity index (χ4n) is 4.95. The van der Waals surface area contributed by atoms with E-state index in [1.165, 1.54) is 0 Å². The third-order valence-corrected chi connectivity index (χ3v) is 6.36. The number of piperidine rings is 1. The molecule has 1 spiro atoms. The van der Waals surface area contributed by atoms with E-state index < -0.39 is 6.09 Å². The largest absolute Gasteiger partial charge is 0.465 e. The Morgan fingerprint density at radius 1 is 1.30 bits per heavy atom. The van der Waals surface area contributed by atoms with Crippen molar-refractivity contribution in [3.05, 3.63) is 0 Å². The van der Waals surface area contributed by atoms with E-state index in [4.69, 9.17) is 5.11 Å². The highest BCUT2D eigenvalue weighted by Gasteiger charge is 2.51. The molecule has 132 valence electrons. The van der Waals surface area contributed by atoms with Crippen LogP contribution in [0.15, 0.2) is 0 Å². The molecular weight excluding hydrogens is 297 g/mol. The molecule has 1 saturated carbocycles. The second-order valence-electron chi connectivity index (χ2n) is 7.60. The summed E-state index contributed by atoms with van der Waals surface area (Å²) in [6, 6.07) is 1.18. The molecule has 3 fully saturated rings. The van der Waals surface area contributed by atoms with Gasteiger partial charge in [0.05, 0.1) is 0 Å². The van der Waals surface area contributed by atoms with Gasteiger partial charge in [-0.05, 0) is 57.2 Å². The SMILES string of the molecule is CCN(CCF)C1CCN(C2CC3(CCN(C(=O)O)C3)C2)CC1. The first-order chi connectivity index (χ1) is 11.1. The van der Waals surface area contributed by atoms with Gasteiger partial charge in [0.15, 0.2) is 0 Å². The minimum atomic E-state index is -0.765. The number of carboxylic acid groups (broad SMARTS) is 1. The van der Waals surface area contributed by atoms with Gasteiger partial charge in [0.1, 0.15) is 6.67 Å². The number of likely N-dealkylation sites (tertiary alicyclic amines) is 2. The number of halogens is 1. The molecule has 1 aliphatic carbocycles.